The van der Waals surface area contributed by atoms with Crippen LogP contribution in [0, 0.1) is 0 Å². The van der Waals surface area contributed by atoms with Crippen LogP contribution in [0.15, 0.2) is 0 Å². The third kappa shape index (κ3) is 7.54. The van der Waals surface area contributed by atoms with Crippen LogP contribution in [0.1, 0.15) is 59.8 Å². The molecular weight excluding hydrogens is 283 g/mol. The van der Waals surface area contributed by atoms with Gasteiger partial charge in [0.05, 0.1) is 12.6 Å². The van der Waals surface area contributed by atoms with E-state index in [1.165, 1.54) is 0 Å². The fraction of sp³-hybridized carbons (Fsp3) is 0.941. The molecule has 1 rings (SSSR count). The van der Waals surface area contributed by atoms with Crippen LogP contribution >= 0.6 is 0 Å². The van der Waals surface area contributed by atoms with Gasteiger partial charge < -0.3 is 10.1 Å². The Bertz CT molecular complexity index is 329. The molecule has 1 saturated heterocycles. The number of hydrogen-bond donors (Lipinski definition) is 1. The molecule has 130 valence electrons. The van der Waals surface area contributed by atoms with E-state index >= 15 is 0 Å². The molecule has 0 aromatic heterocycles. The summed E-state index contributed by atoms with van der Waals surface area (Å²) in [5, 5.41) is 2.96. The third-order valence-electron chi connectivity index (χ3n) is 4.36. The molecule has 1 heterocycles. The van der Waals surface area contributed by atoms with Crippen LogP contribution in [0.5, 0.6) is 0 Å². The predicted molar refractivity (Wildman–Crippen MR) is 87.7 cm³/mol. The molecule has 1 amide bonds. The fourth-order valence-electron chi connectivity index (χ4n) is 2.70. The molecule has 1 aliphatic rings. The standard InChI is InChI=1S/C17H33FN2O2/c1-5-15(4)19-16(21)13-20-10-8-17(18,9-11-20)7-6-12-22-14(2)3/h14-15H,5-13H2,1-4H3,(H,19,21). The van der Waals surface area contributed by atoms with Crippen molar-refractivity contribution >= 4 is 5.91 Å². The minimum Gasteiger partial charge on any atom is -0.379 e. The number of nitrogens with one attached hydrogen (secondary N) is 1. The molecule has 0 bridgehead atoms. The maximum Gasteiger partial charge on any atom is 0.234 e. The second-order valence-electron chi connectivity index (χ2n) is 6.83. The summed E-state index contributed by atoms with van der Waals surface area (Å²) >= 11 is 0. The Morgan fingerprint density at radius 2 is 1.95 bits per heavy atom. The highest BCUT2D eigenvalue weighted by Crippen LogP contribution is 2.31. The van der Waals surface area contributed by atoms with Gasteiger partial charge in [0.1, 0.15) is 5.67 Å². The first-order chi connectivity index (χ1) is 10.3. The quantitative estimate of drug-likeness (QED) is 0.665. The molecule has 0 spiro atoms. The number of alkyl halides is 1. The number of likely N-dealkylation sites (tertiary alicyclic amines) is 1. The molecule has 0 aliphatic carbocycles. The van der Waals surface area contributed by atoms with E-state index in [-0.39, 0.29) is 18.1 Å². The first-order valence-corrected chi connectivity index (χ1v) is 8.67. The smallest absolute Gasteiger partial charge is 0.234 e. The van der Waals surface area contributed by atoms with Crippen molar-refractivity contribution in [3.8, 4) is 0 Å². The Labute approximate surface area is 134 Å². The molecule has 1 fully saturated rings. The Morgan fingerprint density at radius 3 is 2.50 bits per heavy atom. The highest BCUT2D eigenvalue weighted by Gasteiger charge is 2.34. The normalized spacial score (nSPS) is 20.1. The van der Waals surface area contributed by atoms with E-state index in [9.17, 15) is 9.18 Å². The van der Waals surface area contributed by atoms with Gasteiger partial charge in [-0.3, -0.25) is 9.69 Å². The summed E-state index contributed by atoms with van der Waals surface area (Å²) in [5.41, 5.74) is -1.08. The van der Waals surface area contributed by atoms with Gasteiger partial charge >= 0.3 is 0 Å². The zero-order valence-corrected chi connectivity index (χ0v) is 14.7. The van der Waals surface area contributed by atoms with Gasteiger partial charge in [0.2, 0.25) is 5.91 Å². The number of carbonyl (C=O) groups is 1. The zero-order chi connectivity index (χ0) is 16.6. The number of hydrogen-bond acceptors (Lipinski definition) is 3. The Morgan fingerprint density at radius 1 is 1.32 bits per heavy atom. The van der Waals surface area contributed by atoms with Gasteiger partial charge in [0.15, 0.2) is 0 Å². The third-order valence-corrected chi connectivity index (χ3v) is 4.36. The van der Waals surface area contributed by atoms with Gasteiger partial charge in [-0.2, -0.15) is 0 Å². The summed E-state index contributed by atoms with van der Waals surface area (Å²) in [4.78, 5) is 13.9. The average molecular weight is 316 g/mol. The van der Waals surface area contributed by atoms with Crippen LogP contribution in [-0.2, 0) is 9.53 Å². The predicted octanol–water partition coefficient (Wildman–Crippen LogP) is 2.91. The van der Waals surface area contributed by atoms with Gasteiger partial charge in [-0.15, -0.1) is 0 Å². The second kappa shape index (κ2) is 9.46. The van der Waals surface area contributed by atoms with Crippen molar-refractivity contribution in [2.75, 3.05) is 26.2 Å². The van der Waals surface area contributed by atoms with Crippen LogP contribution in [0.3, 0.4) is 0 Å². The Kier molecular flexibility index (Phi) is 8.33. The van der Waals surface area contributed by atoms with Crippen molar-refractivity contribution in [1.29, 1.82) is 0 Å². The molecule has 1 atom stereocenters. The summed E-state index contributed by atoms with van der Waals surface area (Å²) in [6.07, 6.45) is 3.51. The van der Waals surface area contributed by atoms with Crippen molar-refractivity contribution in [2.45, 2.75) is 77.6 Å². The molecule has 4 nitrogen and oxygen atoms in total. The van der Waals surface area contributed by atoms with Crippen molar-refractivity contribution < 1.29 is 13.9 Å². The monoisotopic (exact) mass is 316 g/mol. The molecule has 1 N–H and O–H groups in total. The lowest BCUT2D eigenvalue weighted by Crippen LogP contribution is -2.47. The maximum absolute atomic E-state index is 14.7. The van der Waals surface area contributed by atoms with E-state index in [0.717, 1.165) is 12.8 Å². The number of halogens is 1. The summed E-state index contributed by atoms with van der Waals surface area (Å²) in [6.45, 7) is 10.4. The SMILES string of the molecule is CCC(C)NC(=O)CN1CCC(F)(CCCOC(C)C)CC1. The van der Waals surface area contributed by atoms with Crippen molar-refractivity contribution in [3.63, 3.8) is 0 Å². The van der Waals surface area contributed by atoms with Gasteiger partial charge in [-0.25, -0.2) is 4.39 Å². The highest BCUT2D eigenvalue weighted by atomic mass is 19.1. The van der Waals surface area contributed by atoms with E-state index < -0.39 is 5.67 Å². The number of rotatable bonds is 9. The number of piperidine rings is 1. The van der Waals surface area contributed by atoms with Crippen LogP contribution in [0.4, 0.5) is 4.39 Å². The topological polar surface area (TPSA) is 41.6 Å². The Hall–Kier alpha value is -0.680. The molecule has 0 aromatic rings. The average Bonchev–Trinajstić information content (AvgIpc) is 2.46. The van der Waals surface area contributed by atoms with E-state index in [1.54, 1.807) is 0 Å². The first kappa shape index (κ1) is 19.4. The summed E-state index contributed by atoms with van der Waals surface area (Å²) in [5.74, 6) is 0.0473. The lowest BCUT2D eigenvalue weighted by atomic mass is 9.89. The summed E-state index contributed by atoms with van der Waals surface area (Å²) in [6, 6.07) is 0.207. The second-order valence-corrected chi connectivity index (χ2v) is 6.83. The van der Waals surface area contributed by atoms with E-state index in [4.69, 9.17) is 4.74 Å². The molecule has 1 unspecified atom stereocenters. The van der Waals surface area contributed by atoms with E-state index in [1.807, 2.05) is 27.7 Å². The van der Waals surface area contributed by atoms with Gasteiger partial charge in [0.25, 0.3) is 0 Å². The van der Waals surface area contributed by atoms with Crippen LogP contribution in [0.2, 0.25) is 0 Å². The van der Waals surface area contributed by atoms with Crippen LogP contribution in [0.25, 0.3) is 0 Å². The summed E-state index contributed by atoms with van der Waals surface area (Å²) in [7, 11) is 0. The van der Waals surface area contributed by atoms with E-state index in [2.05, 4.69) is 10.2 Å². The Balaban J connectivity index is 2.22. The van der Waals surface area contributed by atoms with Gasteiger partial charge in [-0.1, -0.05) is 6.92 Å². The molecule has 0 aromatic carbocycles. The van der Waals surface area contributed by atoms with Crippen LogP contribution in [-0.4, -0.2) is 54.9 Å². The molecule has 0 saturated carbocycles. The molecule has 22 heavy (non-hydrogen) atoms. The van der Waals surface area contributed by atoms with Crippen molar-refractivity contribution in [2.24, 2.45) is 0 Å². The number of amides is 1. The van der Waals surface area contributed by atoms with Gasteiger partial charge in [-0.05, 0) is 52.9 Å². The lowest BCUT2D eigenvalue weighted by Gasteiger charge is -2.36. The molecule has 0 radical (unpaired) electrons. The van der Waals surface area contributed by atoms with Crippen LogP contribution < -0.4 is 5.32 Å². The number of ether oxygens (including phenoxy) is 1. The number of nitrogens with zero attached hydrogens (tertiary/aromatic N) is 1. The molecular formula is C17H33FN2O2. The largest absolute Gasteiger partial charge is 0.379 e. The summed E-state index contributed by atoms with van der Waals surface area (Å²) < 4.78 is 20.2. The zero-order valence-electron chi connectivity index (χ0n) is 14.7. The molecule has 1 aliphatic heterocycles. The minimum absolute atomic E-state index is 0.0473. The van der Waals surface area contributed by atoms with Crippen molar-refractivity contribution in [1.82, 2.24) is 10.2 Å². The number of carbonyl (C=O) groups excluding carboxylic acids is 1. The first-order valence-electron chi connectivity index (χ1n) is 8.67. The van der Waals surface area contributed by atoms with Crippen molar-refractivity contribution in [3.05, 3.63) is 0 Å². The molecule has 5 heteroatoms. The highest BCUT2D eigenvalue weighted by molar-refractivity contribution is 5.78. The van der Waals surface area contributed by atoms with E-state index in [0.29, 0.717) is 45.5 Å². The minimum atomic E-state index is -1.08. The fourth-order valence-corrected chi connectivity index (χ4v) is 2.70. The lowest BCUT2D eigenvalue weighted by molar-refractivity contribution is -0.123. The maximum atomic E-state index is 14.7. The van der Waals surface area contributed by atoms with Gasteiger partial charge in [0, 0.05) is 25.7 Å².